The summed E-state index contributed by atoms with van der Waals surface area (Å²) in [6, 6.07) is 3.56. The number of alkyl halides is 2. The van der Waals surface area contributed by atoms with E-state index >= 15 is 0 Å². The van der Waals surface area contributed by atoms with E-state index in [0.717, 1.165) is 12.3 Å². The van der Waals surface area contributed by atoms with Gasteiger partial charge in [-0.2, -0.15) is 0 Å². The van der Waals surface area contributed by atoms with Crippen molar-refractivity contribution in [2.75, 3.05) is 12.0 Å². The highest BCUT2D eigenvalue weighted by molar-refractivity contribution is 8.00. The third kappa shape index (κ3) is 3.03. The van der Waals surface area contributed by atoms with Crippen LogP contribution in [0.3, 0.4) is 0 Å². The van der Waals surface area contributed by atoms with Crippen molar-refractivity contribution < 1.29 is 17.2 Å². The van der Waals surface area contributed by atoms with Gasteiger partial charge in [-0.15, -0.1) is 0 Å². The van der Waals surface area contributed by atoms with Crippen LogP contribution in [0.25, 0.3) is 4.91 Å². The first kappa shape index (κ1) is 13.6. The normalized spacial score (nSPS) is 13.1. The van der Waals surface area contributed by atoms with Gasteiger partial charge in [-0.05, 0) is 13.0 Å². The summed E-state index contributed by atoms with van der Waals surface area (Å²) in [5, 5.41) is 0. The molecule has 3 nitrogen and oxygen atoms in total. The van der Waals surface area contributed by atoms with Crippen LogP contribution in [0.2, 0.25) is 0 Å². The summed E-state index contributed by atoms with van der Waals surface area (Å²) in [4.78, 5) is 0.0378. The van der Waals surface area contributed by atoms with Crippen LogP contribution in [0.15, 0.2) is 24.3 Å². The van der Waals surface area contributed by atoms with Gasteiger partial charge in [0.1, 0.15) is 0 Å². The Morgan fingerprint density at radius 2 is 2.00 bits per heavy atom. The first-order valence-electron chi connectivity index (χ1n) is 4.81. The molecule has 0 saturated heterocycles. The molecule has 0 aromatic heterocycles. The summed E-state index contributed by atoms with van der Waals surface area (Å²) in [6.07, 6.45) is -0.190. The van der Waals surface area contributed by atoms with E-state index in [4.69, 9.17) is 5.73 Å². The van der Waals surface area contributed by atoms with E-state index in [-0.39, 0.29) is 21.7 Å². The number of hydrogen-bond acceptors (Lipinski definition) is 3. The van der Waals surface area contributed by atoms with Crippen LogP contribution in [0, 0.1) is 0 Å². The van der Waals surface area contributed by atoms with E-state index in [0.29, 0.717) is 0 Å². The lowest BCUT2D eigenvalue weighted by Gasteiger charge is -2.10. The Labute approximate surface area is 98.9 Å². The van der Waals surface area contributed by atoms with Gasteiger partial charge in [0.2, 0.25) is 0 Å². The average molecular weight is 261 g/mol. The van der Waals surface area contributed by atoms with Gasteiger partial charge in [0.15, 0.2) is 9.84 Å². The summed E-state index contributed by atoms with van der Waals surface area (Å²) in [5.41, 5.74) is 5.65. The summed E-state index contributed by atoms with van der Waals surface area (Å²) < 4.78 is 47.7. The molecule has 0 unspecified atom stereocenters. The zero-order valence-electron chi connectivity index (χ0n) is 9.44. The molecule has 17 heavy (non-hydrogen) atoms. The molecule has 0 amide bonds. The second-order valence-corrected chi connectivity index (χ2v) is 5.56. The van der Waals surface area contributed by atoms with Gasteiger partial charge in [0, 0.05) is 23.1 Å². The van der Waals surface area contributed by atoms with Crippen LogP contribution in [-0.4, -0.2) is 14.7 Å². The van der Waals surface area contributed by atoms with Gasteiger partial charge < -0.3 is 5.73 Å². The zero-order chi connectivity index (χ0) is 13.2. The molecular formula is C11H13F2NO2S. The van der Waals surface area contributed by atoms with E-state index in [1.54, 1.807) is 6.92 Å². The van der Waals surface area contributed by atoms with Crippen molar-refractivity contribution in [2.45, 2.75) is 13.3 Å². The smallest absolute Gasteiger partial charge is 0.263 e. The highest BCUT2D eigenvalue weighted by atomic mass is 32.2. The van der Waals surface area contributed by atoms with Gasteiger partial charge in [0.05, 0.1) is 4.91 Å². The fourth-order valence-corrected chi connectivity index (χ4v) is 2.52. The van der Waals surface area contributed by atoms with Crippen molar-refractivity contribution in [3.05, 3.63) is 35.4 Å². The maximum atomic E-state index is 12.4. The lowest BCUT2D eigenvalue weighted by molar-refractivity contribution is 0.151. The quantitative estimate of drug-likeness (QED) is 0.851. The molecule has 0 bridgehead atoms. The van der Waals surface area contributed by atoms with Crippen molar-refractivity contribution in [3.63, 3.8) is 0 Å². The van der Waals surface area contributed by atoms with E-state index in [2.05, 4.69) is 0 Å². The summed E-state index contributed by atoms with van der Waals surface area (Å²) in [5.74, 6) is 0. The number of nitrogens with two attached hydrogens (primary N) is 1. The van der Waals surface area contributed by atoms with Crippen LogP contribution in [-0.2, 0) is 9.84 Å². The molecule has 1 aromatic rings. The van der Waals surface area contributed by atoms with E-state index in [1.165, 1.54) is 18.2 Å². The lowest BCUT2D eigenvalue weighted by atomic mass is 10.1. The summed E-state index contributed by atoms with van der Waals surface area (Å²) in [6.45, 7) is 1.55. The summed E-state index contributed by atoms with van der Waals surface area (Å²) >= 11 is 0. The third-order valence-electron chi connectivity index (χ3n) is 2.25. The fraction of sp³-hybridized carbons (Fsp3) is 0.273. The van der Waals surface area contributed by atoms with Crippen LogP contribution < -0.4 is 5.73 Å². The highest BCUT2D eigenvalue weighted by Gasteiger charge is 2.17. The van der Waals surface area contributed by atoms with Crippen LogP contribution in [0.5, 0.6) is 0 Å². The molecule has 0 aliphatic heterocycles. The molecule has 1 rings (SSSR count). The summed E-state index contributed by atoms with van der Waals surface area (Å²) in [7, 11) is -3.43. The molecule has 0 saturated carbocycles. The Balaban J connectivity index is 3.35. The number of anilines is 1. The van der Waals surface area contributed by atoms with Crippen LogP contribution in [0.4, 0.5) is 14.5 Å². The van der Waals surface area contributed by atoms with Crippen molar-refractivity contribution in [1.29, 1.82) is 0 Å². The molecule has 0 spiro atoms. The monoisotopic (exact) mass is 261 g/mol. The molecule has 0 heterocycles. The molecule has 0 radical (unpaired) electrons. The van der Waals surface area contributed by atoms with Gasteiger partial charge in [-0.25, -0.2) is 17.2 Å². The number of sulfone groups is 1. The minimum Gasteiger partial charge on any atom is -0.398 e. The van der Waals surface area contributed by atoms with Gasteiger partial charge >= 0.3 is 0 Å². The Bertz CT molecular complexity index is 551. The molecule has 0 atom stereocenters. The van der Waals surface area contributed by atoms with Crippen molar-refractivity contribution >= 4 is 20.4 Å². The SMILES string of the molecule is C/C=C(\c1ccc(C(F)F)cc1N)S(C)(=O)=O. The molecule has 0 aliphatic carbocycles. The van der Waals surface area contributed by atoms with Gasteiger partial charge in [0.25, 0.3) is 6.43 Å². The molecule has 0 fully saturated rings. The highest BCUT2D eigenvalue weighted by Crippen LogP contribution is 2.29. The first-order chi connectivity index (χ1) is 7.77. The number of benzene rings is 1. The maximum absolute atomic E-state index is 12.4. The molecule has 94 valence electrons. The van der Waals surface area contributed by atoms with E-state index in [1.807, 2.05) is 0 Å². The molecular weight excluding hydrogens is 248 g/mol. The second kappa shape index (κ2) is 4.83. The second-order valence-electron chi connectivity index (χ2n) is 3.57. The molecule has 0 aliphatic rings. The standard InChI is InChI=1S/C11H13F2NO2S/c1-3-10(17(2,15)16)8-5-4-7(11(12)13)6-9(8)14/h3-6,11H,14H2,1-2H3/b10-3+. The predicted molar refractivity (Wildman–Crippen MR) is 64.3 cm³/mol. The Morgan fingerprint density at radius 3 is 2.35 bits per heavy atom. The maximum Gasteiger partial charge on any atom is 0.263 e. The van der Waals surface area contributed by atoms with Gasteiger partial charge in [-0.1, -0.05) is 18.2 Å². The fourth-order valence-electron chi connectivity index (χ4n) is 1.51. The lowest BCUT2D eigenvalue weighted by Crippen LogP contribution is -2.04. The Morgan fingerprint density at radius 1 is 1.41 bits per heavy atom. The molecule has 1 aromatic carbocycles. The number of halogens is 2. The van der Waals surface area contributed by atoms with Gasteiger partial charge in [-0.3, -0.25) is 0 Å². The minimum atomic E-state index is -3.43. The van der Waals surface area contributed by atoms with Crippen molar-refractivity contribution in [3.8, 4) is 0 Å². The van der Waals surface area contributed by atoms with Crippen LogP contribution >= 0.6 is 0 Å². The third-order valence-corrected chi connectivity index (χ3v) is 3.51. The van der Waals surface area contributed by atoms with Crippen LogP contribution in [0.1, 0.15) is 24.5 Å². The Kier molecular flexibility index (Phi) is 3.87. The topological polar surface area (TPSA) is 60.2 Å². The minimum absolute atomic E-state index is 0.0290. The number of hydrogen-bond donors (Lipinski definition) is 1. The number of allylic oxidation sites excluding steroid dienone is 1. The zero-order valence-corrected chi connectivity index (χ0v) is 10.3. The Hall–Kier alpha value is -1.43. The van der Waals surface area contributed by atoms with Crippen molar-refractivity contribution in [2.24, 2.45) is 0 Å². The number of rotatable bonds is 3. The van der Waals surface area contributed by atoms with E-state index in [9.17, 15) is 17.2 Å². The molecule has 6 heteroatoms. The molecule has 2 N–H and O–H groups in total. The largest absolute Gasteiger partial charge is 0.398 e. The predicted octanol–water partition coefficient (Wildman–Crippen LogP) is 2.61. The first-order valence-corrected chi connectivity index (χ1v) is 6.70. The average Bonchev–Trinajstić information content (AvgIpc) is 2.19. The van der Waals surface area contributed by atoms with Crippen molar-refractivity contribution in [1.82, 2.24) is 0 Å². The number of nitrogen functional groups attached to an aromatic ring is 1. The van der Waals surface area contributed by atoms with E-state index < -0.39 is 16.3 Å².